The number of aliphatic hydroxyl groups is 1. The lowest BCUT2D eigenvalue weighted by molar-refractivity contribution is -0.870. The Hall–Kier alpha value is -2.07. The first kappa shape index (κ1) is 56.9. The van der Waals surface area contributed by atoms with E-state index < -0.39 is 32.5 Å². The number of rotatable bonds is 42. The highest BCUT2D eigenvalue weighted by Crippen LogP contribution is 2.38. The van der Waals surface area contributed by atoms with Crippen molar-refractivity contribution in [1.29, 1.82) is 0 Å². The Kier molecular flexibility index (Phi) is 38.6. The molecule has 0 radical (unpaired) electrons. The summed E-state index contributed by atoms with van der Waals surface area (Å²) in [6.45, 7) is 4.03. The fourth-order valence-electron chi connectivity index (χ4n) is 6.23. The number of ether oxygens (including phenoxy) is 2. The summed E-state index contributed by atoms with van der Waals surface area (Å²) in [6.07, 6.45) is 43.3. The molecule has 0 aliphatic carbocycles. The van der Waals surface area contributed by atoms with E-state index in [-0.39, 0.29) is 32.2 Å². The minimum atomic E-state index is -4.65. The molecule has 0 aromatic carbocycles. The summed E-state index contributed by atoms with van der Waals surface area (Å²) in [5.41, 5.74) is 0. The first-order chi connectivity index (χ1) is 28.4. The van der Waals surface area contributed by atoms with E-state index in [2.05, 4.69) is 26.0 Å². The maximum absolute atomic E-state index is 12.7. The molecule has 0 bridgehead atoms. The quantitative estimate of drug-likeness (QED) is 0.0159. The van der Waals surface area contributed by atoms with E-state index in [0.29, 0.717) is 23.9 Å². The molecule has 0 aromatic rings. The number of hydrogen-bond acceptors (Lipinski definition) is 9. The van der Waals surface area contributed by atoms with Crippen LogP contribution in [0.3, 0.4) is 0 Å². The molecule has 0 rings (SSSR count). The van der Waals surface area contributed by atoms with E-state index in [0.717, 1.165) is 57.8 Å². The number of carbonyl (C=O) groups excluding carboxylic acids is 2. The van der Waals surface area contributed by atoms with Crippen LogP contribution in [0.4, 0.5) is 0 Å². The van der Waals surface area contributed by atoms with Gasteiger partial charge < -0.3 is 33.0 Å². The molecule has 0 aliphatic rings. The second-order valence-electron chi connectivity index (χ2n) is 17.0. The smallest absolute Gasteiger partial charge is 0.306 e. The van der Waals surface area contributed by atoms with Gasteiger partial charge in [0.2, 0.25) is 0 Å². The van der Waals surface area contributed by atoms with Crippen molar-refractivity contribution in [1.82, 2.24) is 0 Å². The number of phosphoric acid groups is 1. The zero-order valence-electron chi connectivity index (χ0n) is 38.3. The van der Waals surface area contributed by atoms with Gasteiger partial charge in [-0.05, 0) is 38.5 Å². The Morgan fingerprint density at radius 3 is 1.71 bits per heavy atom. The molecule has 0 saturated heterocycles. The largest absolute Gasteiger partial charge is 0.756 e. The highest BCUT2D eigenvalue weighted by atomic mass is 31.2. The van der Waals surface area contributed by atoms with Crippen molar-refractivity contribution in [2.24, 2.45) is 0 Å². The SMILES string of the molecule is CCCCCCCCCCCCCCCCCCCC(=O)OC[C@H](COP(=O)([O-])OCC[N+](C)(C)C)OC(=O)CCC/C=C\C/C=C\C/C=C\C=C\[C@@H](O)CCCCC. The second kappa shape index (κ2) is 40.0. The number of carbonyl (C=O) groups is 2. The van der Waals surface area contributed by atoms with Crippen LogP contribution in [0.25, 0.3) is 0 Å². The molecule has 0 spiro atoms. The predicted octanol–water partition coefficient (Wildman–Crippen LogP) is 11.8. The Labute approximate surface area is 361 Å². The molecule has 0 heterocycles. The highest BCUT2D eigenvalue weighted by Gasteiger charge is 2.21. The van der Waals surface area contributed by atoms with Crippen LogP contribution >= 0.6 is 7.82 Å². The number of hydrogen-bond donors (Lipinski definition) is 1. The predicted molar refractivity (Wildman–Crippen MR) is 242 cm³/mol. The molecule has 0 aliphatic heterocycles. The number of likely N-dealkylation sites (N-methyl/N-ethyl adjacent to an activating group) is 1. The Morgan fingerprint density at radius 2 is 1.14 bits per heavy atom. The van der Waals surface area contributed by atoms with Crippen LogP contribution in [0.5, 0.6) is 0 Å². The maximum atomic E-state index is 12.7. The summed E-state index contributed by atoms with van der Waals surface area (Å²) in [6, 6.07) is 0. The van der Waals surface area contributed by atoms with E-state index in [1.54, 1.807) is 0 Å². The van der Waals surface area contributed by atoms with Crippen LogP contribution in [0.2, 0.25) is 0 Å². The standard InChI is InChI=1S/C48H88NO9P/c1-6-8-10-11-12-13-14-15-16-17-18-19-22-25-28-31-35-39-47(51)55-43-46(44-57-59(53,54)56-42-41-49(3,4)5)58-48(52)40-36-32-29-26-23-20-21-24-27-30-34-38-45(50)37-33-9-7-2/h20-21,26-27,29-30,34,38,45-46,50H,6-19,22-25,28,31-33,35-37,39-44H2,1-5H3/b21-20-,29-26-,30-27-,38-34+/t45-,46+/m0/s1. The first-order valence-corrected chi connectivity index (χ1v) is 24.9. The maximum Gasteiger partial charge on any atom is 0.306 e. The topological polar surface area (TPSA) is 131 Å². The van der Waals surface area contributed by atoms with E-state index in [4.69, 9.17) is 18.5 Å². The zero-order chi connectivity index (χ0) is 43.7. The second-order valence-corrected chi connectivity index (χ2v) is 18.4. The first-order valence-electron chi connectivity index (χ1n) is 23.5. The lowest BCUT2D eigenvalue weighted by atomic mass is 10.0. The Bertz CT molecular complexity index is 1160. The molecule has 59 heavy (non-hydrogen) atoms. The Balaban J connectivity index is 4.44. The lowest BCUT2D eigenvalue weighted by Crippen LogP contribution is -2.37. The molecule has 10 nitrogen and oxygen atoms in total. The molecule has 0 aromatic heterocycles. The Morgan fingerprint density at radius 1 is 0.627 bits per heavy atom. The van der Waals surface area contributed by atoms with Crippen LogP contribution < -0.4 is 4.89 Å². The summed E-state index contributed by atoms with van der Waals surface area (Å²) in [4.78, 5) is 37.6. The number of nitrogens with zero attached hydrogens (tertiary/aromatic N) is 1. The summed E-state index contributed by atoms with van der Waals surface area (Å²) in [7, 11) is 1.10. The van der Waals surface area contributed by atoms with Crippen LogP contribution in [0, 0.1) is 0 Å². The fraction of sp³-hybridized carbons (Fsp3) is 0.792. The van der Waals surface area contributed by atoms with Gasteiger partial charge >= 0.3 is 11.9 Å². The van der Waals surface area contributed by atoms with Gasteiger partial charge in [-0.1, -0.05) is 184 Å². The monoisotopic (exact) mass is 854 g/mol. The molecule has 11 heteroatoms. The van der Waals surface area contributed by atoms with Gasteiger partial charge in [0.15, 0.2) is 6.10 Å². The fourth-order valence-corrected chi connectivity index (χ4v) is 6.96. The van der Waals surface area contributed by atoms with Crippen LogP contribution in [0.1, 0.15) is 187 Å². The van der Waals surface area contributed by atoms with Gasteiger partial charge in [-0.25, -0.2) is 0 Å². The van der Waals surface area contributed by atoms with Crippen LogP contribution in [-0.4, -0.2) is 81.2 Å². The molecule has 344 valence electrons. The third-order valence-corrected chi connectivity index (χ3v) is 10.9. The highest BCUT2D eigenvalue weighted by molar-refractivity contribution is 7.45. The third-order valence-electron chi connectivity index (χ3n) is 9.96. The summed E-state index contributed by atoms with van der Waals surface area (Å²) >= 11 is 0. The van der Waals surface area contributed by atoms with Gasteiger partial charge in [0, 0.05) is 12.8 Å². The lowest BCUT2D eigenvalue weighted by Gasteiger charge is -2.28. The molecule has 3 atom stereocenters. The number of phosphoric ester groups is 1. The summed E-state index contributed by atoms with van der Waals surface area (Å²) in [5, 5.41) is 9.91. The van der Waals surface area contributed by atoms with Crippen molar-refractivity contribution in [3.63, 3.8) is 0 Å². The van der Waals surface area contributed by atoms with E-state index in [9.17, 15) is 24.2 Å². The van der Waals surface area contributed by atoms with Gasteiger partial charge in [-0.3, -0.25) is 14.2 Å². The molecule has 0 saturated carbocycles. The normalized spacial score (nSPS) is 14.5. The van der Waals surface area contributed by atoms with Crippen LogP contribution in [-0.2, 0) is 32.7 Å². The van der Waals surface area contributed by atoms with Crippen LogP contribution in [0.15, 0.2) is 48.6 Å². The summed E-state index contributed by atoms with van der Waals surface area (Å²) in [5.74, 6) is -0.923. The number of allylic oxidation sites excluding steroid dienone is 7. The molecular formula is C48H88NO9P. The van der Waals surface area contributed by atoms with Crippen molar-refractivity contribution >= 4 is 19.8 Å². The number of quaternary nitrogens is 1. The minimum absolute atomic E-state index is 0.0495. The van der Waals surface area contributed by atoms with Crippen molar-refractivity contribution < 1.29 is 47.2 Å². The van der Waals surface area contributed by atoms with Gasteiger partial charge in [0.1, 0.15) is 19.8 Å². The van der Waals surface area contributed by atoms with Crippen molar-refractivity contribution in [3.05, 3.63) is 48.6 Å². The van der Waals surface area contributed by atoms with Gasteiger partial charge in [0.25, 0.3) is 7.82 Å². The molecule has 1 unspecified atom stereocenters. The van der Waals surface area contributed by atoms with E-state index >= 15 is 0 Å². The van der Waals surface area contributed by atoms with Gasteiger partial charge in [0.05, 0.1) is 33.9 Å². The number of unbranched alkanes of at least 4 members (excludes halogenated alkanes) is 19. The van der Waals surface area contributed by atoms with Gasteiger partial charge in [-0.2, -0.15) is 0 Å². The molecular weight excluding hydrogens is 765 g/mol. The third kappa shape index (κ3) is 43.8. The summed E-state index contributed by atoms with van der Waals surface area (Å²) < 4.78 is 33.8. The molecule has 1 N–H and O–H groups in total. The average Bonchev–Trinajstić information content (AvgIpc) is 3.18. The van der Waals surface area contributed by atoms with E-state index in [1.807, 2.05) is 57.6 Å². The number of esters is 2. The zero-order valence-corrected chi connectivity index (χ0v) is 39.2. The van der Waals surface area contributed by atoms with Crippen molar-refractivity contribution in [3.8, 4) is 0 Å². The van der Waals surface area contributed by atoms with E-state index in [1.165, 1.54) is 89.9 Å². The average molecular weight is 854 g/mol. The molecule has 0 fully saturated rings. The van der Waals surface area contributed by atoms with Gasteiger partial charge in [-0.15, -0.1) is 0 Å². The number of aliphatic hydroxyl groups excluding tert-OH is 1. The minimum Gasteiger partial charge on any atom is -0.756 e. The van der Waals surface area contributed by atoms with Crippen molar-refractivity contribution in [2.45, 2.75) is 199 Å². The van der Waals surface area contributed by atoms with Crippen molar-refractivity contribution in [2.75, 3.05) is 47.5 Å². The molecule has 0 amide bonds.